The van der Waals surface area contributed by atoms with Crippen molar-refractivity contribution < 1.29 is 19.1 Å². The molecule has 1 fully saturated rings. The molecule has 1 saturated heterocycles. The third-order valence-corrected chi connectivity index (χ3v) is 5.67. The molecule has 0 bridgehead atoms. The van der Waals surface area contributed by atoms with Crippen molar-refractivity contribution in [2.75, 3.05) is 0 Å². The van der Waals surface area contributed by atoms with Gasteiger partial charge >= 0.3 is 5.97 Å². The molecule has 2 heterocycles. The molecule has 30 heavy (non-hydrogen) atoms. The minimum Gasteiger partial charge on any atom is -0.478 e. The second-order valence-corrected chi connectivity index (χ2v) is 7.98. The van der Waals surface area contributed by atoms with Crippen LogP contribution in [0.3, 0.4) is 0 Å². The number of rotatable bonds is 4. The van der Waals surface area contributed by atoms with Crippen molar-refractivity contribution >= 4 is 63.8 Å². The Kier molecular flexibility index (Phi) is 5.67. The highest BCUT2D eigenvalue weighted by atomic mass is 35.5. The minimum absolute atomic E-state index is 0.0636. The van der Waals surface area contributed by atoms with Crippen molar-refractivity contribution in [2.24, 2.45) is 4.99 Å². The zero-order valence-electron chi connectivity index (χ0n) is 15.1. The van der Waals surface area contributed by atoms with E-state index >= 15 is 0 Å². The predicted octanol–water partition coefficient (Wildman–Crippen LogP) is 5.84. The van der Waals surface area contributed by atoms with Crippen LogP contribution in [0.4, 0.5) is 5.69 Å². The molecule has 1 aliphatic rings. The lowest BCUT2D eigenvalue weighted by molar-refractivity contribution is -0.115. The van der Waals surface area contributed by atoms with Gasteiger partial charge in [-0.3, -0.25) is 4.79 Å². The number of nitrogens with one attached hydrogen (secondary N) is 1. The lowest BCUT2D eigenvalue weighted by Crippen LogP contribution is -2.19. The van der Waals surface area contributed by atoms with Crippen molar-refractivity contribution in [3.8, 4) is 11.3 Å². The summed E-state index contributed by atoms with van der Waals surface area (Å²) in [5.74, 6) is -0.407. The molecule has 150 valence electrons. The number of carbonyl (C=O) groups excluding carboxylic acids is 1. The number of aromatic carboxylic acids is 1. The summed E-state index contributed by atoms with van der Waals surface area (Å²) in [6.45, 7) is 0. The second kappa shape index (κ2) is 8.39. The average molecular weight is 459 g/mol. The lowest BCUT2D eigenvalue weighted by atomic mass is 10.2. The summed E-state index contributed by atoms with van der Waals surface area (Å²) in [7, 11) is 0. The summed E-state index contributed by atoms with van der Waals surface area (Å²) in [5, 5.41) is 12.8. The van der Waals surface area contributed by atoms with Gasteiger partial charge in [0.1, 0.15) is 11.5 Å². The number of nitrogens with zero attached hydrogens (tertiary/aromatic N) is 1. The summed E-state index contributed by atoms with van der Waals surface area (Å²) in [6.07, 6.45) is 1.60. The molecule has 2 N–H and O–H groups in total. The standard InChI is InChI=1S/C21H12Cl2N2O4S/c22-15-4-2-1-3-13(15)17-8-6-12(29-17)10-18-19(26)25-21(30-18)24-11-5-7-16(23)14(9-11)20(27)28/h1-10H,(H,27,28)(H,24,25,26)/b18-10-. The topological polar surface area (TPSA) is 91.9 Å². The van der Waals surface area contributed by atoms with Crippen LogP contribution in [0.1, 0.15) is 16.1 Å². The summed E-state index contributed by atoms with van der Waals surface area (Å²) < 4.78 is 5.80. The summed E-state index contributed by atoms with van der Waals surface area (Å²) in [5.41, 5.74) is 1.05. The van der Waals surface area contributed by atoms with Crippen LogP contribution in [-0.2, 0) is 4.79 Å². The molecule has 1 aromatic heterocycles. The van der Waals surface area contributed by atoms with Gasteiger partial charge in [-0.1, -0.05) is 35.3 Å². The van der Waals surface area contributed by atoms with Gasteiger partial charge in [0.25, 0.3) is 5.91 Å². The van der Waals surface area contributed by atoms with Gasteiger partial charge in [0.05, 0.1) is 26.2 Å². The molecule has 2 aromatic carbocycles. The summed E-state index contributed by atoms with van der Waals surface area (Å²) in [4.78, 5) is 28.2. The fourth-order valence-corrected chi connectivity index (χ4v) is 3.96. The number of hydrogen-bond donors (Lipinski definition) is 2. The van der Waals surface area contributed by atoms with E-state index in [1.807, 2.05) is 18.2 Å². The normalized spacial score (nSPS) is 16.3. The Morgan fingerprint density at radius 3 is 2.67 bits per heavy atom. The van der Waals surface area contributed by atoms with Crippen molar-refractivity contribution in [2.45, 2.75) is 0 Å². The molecule has 0 aliphatic carbocycles. The molecule has 9 heteroatoms. The smallest absolute Gasteiger partial charge is 0.337 e. The van der Waals surface area contributed by atoms with Crippen LogP contribution in [0.25, 0.3) is 17.4 Å². The zero-order chi connectivity index (χ0) is 21.3. The third-order valence-electron chi connectivity index (χ3n) is 4.10. The number of carboxylic acid groups (broad SMARTS) is 1. The first-order valence-corrected chi connectivity index (χ1v) is 10.1. The van der Waals surface area contributed by atoms with E-state index in [2.05, 4.69) is 10.3 Å². The van der Waals surface area contributed by atoms with Gasteiger partial charge < -0.3 is 14.8 Å². The summed E-state index contributed by atoms with van der Waals surface area (Å²) >= 11 is 13.2. The SMILES string of the molecule is O=C1NC(=Nc2ccc(Cl)c(C(=O)O)c2)S/C1=C\c1ccc(-c2ccccc2Cl)o1. The van der Waals surface area contributed by atoms with E-state index in [1.165, 1.54) is 12.1 Å². The highest BCUT2D eigenvalue weighted by Crippen LogP contribution is 2.32. The fourth-order valence-electron chi connectivity index (χ4n) is 2.71. The van der Waals surface area contributed by atoms with Crippen LogP contribution in [0.15, 0.2) is 68.9 Å². The molecule has 6 nitrogen and oxygen atoms in total. The number of aliphatic imine (C=N–C) groups is 1. The van der Waals surface area contributed by atoms with Gasteiger partial charge in [-0.05, 0) is 54.2 Å². The largest absolute Gasteiger partial charge is 0.478 e. The van der Waals surface area contributed by atoms with Crippen LogP contribution < -0.4 is 5.32 Å². The Labute approximate surface area is 185 Å². The van der Waals surface area contributed by atoms with Crippen LogP contribution >= 0.6 is 35.0 Å². The molecular formula is C21H12Cl2N2O4S. The van der Waals surface area contributed by atoms with Crippen molar-refractivity contribution in [1.29, 1.82) is 0 Å². The number of carboxylic acids is 1. The molecule has 0 spiro atoms. The quantitative estimate of drug-likeness (QED) is 0.478. The van der Waals surface area contributed by atoms with Crippen LogP contribution in [0.2, 0.25) is 10.0 Å². The summed E-state index contributed by atoms with van der Waals surface area (Å²) in [6, 6.07) is 15.2. The second-order valence-electron chi connectivity index (χ2n) is 6.13. The van der Waals surface area contributed by atoms with E-state index < -0.39 is 5.97 Å². The maximum absolute atomic E-state index is 12.3. The van der Waals surface area contributed by atoms with Gasteiger partial charge in [0, 0.05) is 11.6 Å². The monoisotopic (exact) mass is 458 g/mol. The van der Waals surface area contributed by atoms with Crippen molar-refractivity contribution in [3.63, 3.8) is 0 Å². The van der Waals surface area contributed by atoms with Gasteiger partial charge in [-0.25, -0.2) is 9.79 Å². The first-order chi connectivity index (χ1) is 14.4. The lowest BCUT2D eigenvalue weighted by Gasteiger charge is -2.01. The molecule has 1 amide bonds. The van der Waals surface area contributed by atoms with Crippen molar-refractivity contribution in [3.05, 3.63) is 80.9 Å². The molecule has 3 aromatic rings. The Morgan fingerprint density at radius 1 is 1.10 bits per heavy atom. The number of thioether (sulfide) groups is 1. The molecule has 0 saturated carbocycles. The number of hydrogen-bond acceptors (Lipinski definition) is 5. The Morgan fingerprint density at radius 2 is 1.90 bits per heavy atom. The van der Waals surface area contributed by atoms with E-state index in [4.69, 9.17) is 32.7 Å². The number of benzene rings is 2. The maximum atomic E-state index is 12.3. The van der Waals surface area contributed by atoms with Gasteiger partial charge in [0.2, 0.25) is 0 Å². The van der Waals surface area contributed by atoms with E-state index in [0.717, 1.165) is 17.3 Å². The zero-order valence-corrected chi connectivity index (χ0v) is 17.4. The number of amidine groups is 1. The van der Waals surface area contributed by atoms with Crippen molar-refractivity contribution in [1.82, 2.24) is 5.32 Å². The molecule has 1 aliphatic heterocycles. The number of carbonyl (C=O) groups is 2. The van der Waals surface area contributed by atoms with Gasteiger partial charge in [0.15, 0.2) is 5.17 Å². The van der Waals surface area contributed by atoms with E-state index in [-0.39, 0.29) is 16.5 Å². The molecule has 0 radical (unpaired) electrons. The minimum atomic E-state index is -1.15. The van der Waals surface area contributed by atoms with Crippen LogP contribution in [-0.4, -0.2) is 22.2 Å². The number of amides is 1. The van der Waals surface area contributed by atoms with E-state index in [9.17, 15) is 9.59 Å². The Balaban J connectivity index is 1.57. The Hall–Kier alpha value is -3.00. The van der Waals surface area contributed by atoms with Gasteiger partial charge in [-0.15, -0.1) is 0 Å². The maximum Gasteiger partial charge on any atom is 0.337 e. The predicted molar refractivity (Wildman–Crippen MR) is 118 cm³/mol. The van der Waals surface area contributed by atoms with E-state index in [0.29, 0.717) is 32.3 Å². The van der Waals surface area contributed by atoms with Crippen LogP contribution in [0, 0.1) is 0 Å². The van der Waals surface area contributed by atoms with Crippen LogP contribution in [0.5, 0.6) is 0 Å². The molecule has 0 unspecified atom stereocenters. The molecule has 0 atom stereocenters. The van der Waals surface area contributed by atoms with E-state index in [1.54, 1.807) is 30.3 Å². The molecule has 4 rings (SSSR count). The third kappa shape index (κ3) is 4.28. The first-order valence-electron chi connectivity index (χ1n) is 8.58. The first kappa shape index (κ1) is 20.3. The van der Waals surface area contributed by atoms with Gasteiger partial charge in [-0.2, -0.15) is 0 Å². The highest BCUT2D eigenvalue weighted by molar-refractivity contribution is 8.18. The Bertz CT molecular complexity index is 1230. The average Bonchev–Trinajstić information content (AvgIpc) is 3.30. The highest BCUT2D eigenvalue weighted by Gasteiger charge is 2.24. The number of furan rings is 1. The molecular weight excluding hydrogens is 447 g/mol. The number of halogens is 2. The fraction of sp³-hybridized carbons (Fsp3) is 0.